The second-order valence-electron chi connectivity index (χ2n) is 24.7. The average Bonchev–Trinajstić information content (AvgIpc) is 1.73. The van der Waals surface area contributed by atoms with Gasteiger partial charge in [-0.05, 0) is 118 Å². The molecule has 4 heterocycles. The monoisotopic (exact) mass is 1060 g/mol. The molecular weight excluding hydrogens is 993 g/mol. The van der Waals surface area contributed by atoms with Crippen LogP contribution in [0.4, 0.5) is 34.1 Å². The van der Waals surface area contributed by atoms with Crippen LogP contribution in [0.25, 0.3) is 98.4 Å². The van der Waals surface area contributed by atoms with Gasteiger partial charge < -0.3 is 18.6 Å². The number of aryl methyl sites for hydroxylation is 2. The third-order valence-corrected chi connectivity index (χ3v) is 17.7. The van der Waals surface area contributed by atoms with Crippen LogP contribution in [0.5, 0.6) is 0 Å². The van der Waals surface area contributed by atoms with Crippen molar-refractivity contribution in [2.45, 2.75) is 79.1 Å². The summed E-state index contributed by atoms with van der Waals surface area (Å²) >= 11 is 0. The number of hydrogen-bond acceptors (Lipinski definition) is 2. The lowest BCUT2D eigenvalue weighted by Crippen LogP contribution is -2.12. The maximum Gasteiger partial charge on any atom is 0.0641 e. The van der Waals surface area contributed by atoms with Gasteiger partial charge >= 0.3 is 0 Å². The first-order valence-corrected chi connectivity index (χ1v) is 29.4. The molecule has 398 valence electrons. The van der Waals surface area contributed by atoms with Crippen molar-refractivity contribution in [2.24, 2.45) is 0 Å². The molecule has 15 rings (SSSR count). The molecular formula is C78H66N4. The lowest BCUT2D eigenvalue weighted by atomic mass is 9.85. The number of aromatic nitrogens is 2. The number of anilines is 6. The van der Waals surface area contributed by atoms with Crippen LogP contribution in [0.3, 0.4) is 0 Å². The van der Waals surface area contributed by atoms with Crippen LogP contribution in [-0.2, 0) is 23.7 Å². The fraction of sp³-hybridized carbons (Fsp3) is 0.154. The van der Waals surface area contributed by atoms with Crippen LogP contribution < -0.4 is 9.80 Å². The van der Waals surface area contributed by atoms with E-state index in [1.165, 1.54) is 132 Å². The van der Waals surface area contributed by atoms with E-state index in [0.29, 0.717) is 0 Å². The van der Waals surface area contributed by atoms with Crippen LogP contribution in [0.1, 0.15) is 77.6 Å². The molecule has 0 bridgehead atoms. The summed E-state index contributed by atoms with van der Waals surface area (Å²) in [6.07, 6.45) is 1.89. The van der Waals surface area contributed by atoms with E-state index in [-0.39, 0.29) is 10.8 Å². The first-order valence-electron chi connectivity index (χ1n) is 29.4. The minimum atomic E-state index is -0.146. The van der Waals surface area contributed by atoms with Gasteiger partial charge in [0.25, 0.3) is 0 Å². The lowest BCUT2D eigenvalue weighted by molar-refractivity contribution is 0.594. The summed E-state index contributed by atoms with van der Waals surface area (Å²) in [5, 5.41) is 10.1. The van der Waals surface area contributed by atoms with Gasteiger partial charge in [0.15, 0.2) is 0 Å². The van der Waals surface area contributed by atoms with E-state index in [9.17, 15) is 0 Å². The molecule has 0 saturated heterocycles. The van der Waals surface area contributed by atoms with Crippen molar-refractivity contribution in [2.75, 3.05) is 9.80 Å². The zero-order chi connectivity index (χ0) is 55.8. The van der Waals surface area contributed by atoms with E-state index in [2.05, 4.69) is 305 Å². The molecule has 0 aliphatic heterocycles. The van der Waals surface area contributed by atoms with Crippen molar-refractivity contribution >= 4 is 110 Å². The van der Waals surface area contributed by atoms with Gasteiger partial charge in [-0.25, -0.2) is 0 Å². The van der Waals surface area contributed by atoms with Crippen molar-refractivity contribution in [1.82, 2.24) is 8.80 Å². The summed E-state index contributed by atoms with van der Waals surface area (Å²) in [7, 11) is 0. The number of rotatable bonds is 10. The third kappa shape index (κ3) is 7.43. The van der Waals surface area contributed by atoms with Gasteiger partial charge in [-0.15, -0.1) is 0 Å². The largest absolute Gasteiger partial charge is 0.309 e. The molecule has 4 nitrogen and oxygen atoms in total. The molecule has 0 saturated carbocycles. The third-order valence-electron chi connectivity index (χ3n) is 17.7. The van der Waals surface area contributed by atoms with Gasteiger partial charge in [0, 0.05) is 65.6 Å². The molecule has 0 spiro atoms. The minimum absolute atomic E-state index is 0.146. The van der Waals surface area contributed by atoms with Gasteiger partial charge in [0.1, 0.15) is 0 Å². The Balaban J connectivity index is 1.08. The molecule has 0 aliphatic carbocycles. The second kappa shape index (κ2) is 18.6. The Morgan fingerprint density at radius 3 is 1.11 bits per heavy atom. The molecule has 15 aromatic rings. The highest BCUT2D eigenvalue weighted by Gasteiger charge is 2.32. The van der Waals surface area contributed by atoms with E-state index in [1.807, 2.05) is 0 Å². The normalized spacial score (nSPS) is 12.5. The molecule has 11 aromatic carbocycles. The predicted octanol–water partition coefficient (Wildman–Crippen LogP) is 22.0. The van der Waals surface area contributed by atoms with Crippen LogP contribution in [0.2, 0.25) is 0 Å². The number of para-hydroxylation sites is 4. The minimum Gasteiger partial charge on any atom is -0.309 e. The Hall–Kier alpha value is -9.38. The van der Waals surface area contributed by atoms with E-state index >= 15 is 0 Å². The molecule has 0 amide bonds. The highest BCUT2D eigenvalue weighted by molar-refractivity contribution is 6.33. The predicted molar refractivity (Wildman–Crippen MR) is 352 cm³/mol. The molecule has 82 heavy (non-hydrogen) atoms. The Bertz CT molecular complexity index is 4650. The SMILES string of the molecule is CCc1cccc(N(c2ccccc2-c2ccccc2)c2ccc3c4cc5c(cc4n4c6c(C(C)(C)C)cccc6c2c34)c2ccc(N(c3cccc(CC)c3)c3ccccc3-c3ccccc3)c3c4cccc(C(C)(C)C)c4n5c23)c1. The maximum absolute atomic E-state index is 2.66. The Morgan fingerprint density at radius 2 is 0.707 bits per heavy atom. The summed E-state index contributed by atoms with van der Waals surface area (Å²) < 4.78 is 5.31. The molecule has 4 heteroatoms. The first-order chi connectivity index (χ1) is 39.9. The molecule has 0 aliphatic rings. The van der Waals surface area contributed by atoms with E-state index in [0.717, 1.165) is 35.6 Å². The van der Waals surface area contributed by atoms with Crippen molar-refractivity contribution in [3.8, 4) is 22.3 Å². The van der Waals surface area contributed by atoms with Crippen molar-refractivity contribution < 1.29 is 0 Å². The summed E-state index contributed by atoms with van der Waals surface area (Å²) in [6.45, 7) is 18.7. The van der Waals surface area contributed by atoms with Crippen LogP contribution >= 0.6 is 0 Å². The zero-order valence-electron chi connectivity index (χ0n) is 48.1. The van der Waals surface area contributed by atoms with Gasteiger partial charge in [0.05, 0.1) is 55.8 Å². The Labute approximate surface area is 480 Å². The maximum atomic E-state index is 2.66. The summed E-state index contributed by atoms with van der Waals surface area (Å²) in [5.74, 6) is 0. The standard InChI is InChI=1S/C78H66N4/c1-9-49-25-21-31-53(45-49)79(65-39-19-17-33-55(65)51-27-13-11-14-28-51)67-43-41-57-61-47-70-62(48-69(61)81-73-59(71(67)75(57)81)35-23-37-63(73)77(3,4)5)58-42-44-68(72-60-36-24-38-64(78(6,7)8)74(60)82(70)76(58)72)80(54-32-22-26-50(10-2)46-54)66-40-20-18-34-56(66)52-29-15-12-16-30-52/h11-48H,9-10H2,1-8H3. The van der Waals surface area contributed by atoms with Gasteiger partial charge in [-0.2, -0.15) is 0 Å². The van der Waals surface area contributed by atoms with E-state index in [4.69, 9.17) is 0 Å². The Kier molecular flexibility index (Phi) is 11.3. The average molecular weight is 1060 g/mol. The molecule has 0 unspecified atom stereocenters. The summed E-state index contributed by atoms with van der Waals surface area (Å²) in [6, 6.07) is 86.9. The van der Waals surface area contributed by atoms with Gasteiger partial charge in [-0.3, -0.25) is 0 Å². The van der Waals surface area contributed by atoms with Crippen LogP contribution in [0, 0.1) is 0 Å². The molecule has 4 aromatic heterocycles. The quantitative estimate of drug-likeness (QED) is 0.136. The molecule has 0 atom stereocenters. The van der Waals surface area contributed by atoms with Crippen molar-refractivity contribution in [3.05, 3.63) is 253 Å². The highest BCUT2D eigenvalue weighted by Crippen LogP contribution is 2.54. The molecule has 0 radical (unpaired) electrons. The topological polar surface area (TPSA) is 15.3 Å². The second-order valence-corrected chi connectivity index (χ2v) is 24.7. The number of benzene rings is 11. The van der Waals surface area contributed by atoms with Crippen LogP contribution in [-0.4, -0.2) is 8.80 Å². The number of fused-ring (bicyclic) bond motifs is 12. The van der Waals surface area contributed by atoms with Crippen molar-refractivity contribution in [1.29, 1.82) is 0 Å². The van der Waals surface area contributed by atoms with Gasteiger partial charge in [-0.1, -0.05) is 225 Å². The highest BCUT2D eigenvalue weighted by atomic mass is 15.2. The van der Waals surface area contributed by atoms with E-state index < -0.39 is 0 Å². The number of hydrogen-bond donors (Lipinski definition) is 0. The zero-order valence-corrected chi connectivity index (χ0v) is 48.1. The lowest BCUT2D eigenvalue weighted by Gasteiger charge is -2.29. The summed E-state index contributed by atoms with van der Waals surface area (Å²) in [5.41, 5.74) is 24.2. The fourth-order valence-corrected chi connectivity index (χ4v) is 13.9. The van der Waals surface area contributed by atoms with Crippen LogP contribution in [0.15, 0.2) is 231 Å². The molecule has 0 fully saturated rings. The number of nitrogens with zero attached hydrogens (tertiary/aromatic N) is 4. The van der Waals surface area contributed by atoms with Gasteiger partial charge in [0.2, 0.25) is 0 Å². The molecule has 0 N–H and O–H groups in total. The Morgan fingerprint density at radius 1 is 0.317 bits per heavy atom. The fourth-order valence-electron chi connectivity index (χ4n) is 13.9. The van der Waals surface area contributed by atoms with E-state index in [1.54, 1.807) is 0 Å². The summed E-state index contributed by atoms with van der Waals surface area (Å²) in [4.78, 5) is 5.09. The smallest absolute Gasteiger partial charge is 0.0641 e. The van der Waals surface area contributed by atoms with Crippen molar-refractivity contribution in [3.63, 3.8) is 0 Å². The first kappa shape index (κ1) is 49.6.